The van der Waals surface area contributed by atoms with Gasteiger partial charge >= 0.3 is 0 Å². The van der Waals surface area contributed by atoms with Crippen LogP contribution in [-0.4, -0.2) is 63.3 Å². The summed E-state index contributed by atoms with van der Waals surface area (Å²) >= 11 is 0. The average molecular weight is 545 g/mol. The maximum atomic E-state index is 13.7. The molecule has 0 radical (unpaired) electrons. The van der Waals surface area contributed by atoms with E-state index in [2.05, 4.69) is 18.7 Å². The number of aromatic nitrogens is 4. The molecule has 1 aliphatic heterocycles. The van der Waals surface area contributed by atoms with Gasteiger partial charge < -0.3 is 14.5 Å². The molecule has 1 unspecified atom stereocenters. The van der Waals surface area contributed by atoms with E-state index in [0.29, 0.717) is 26.2 Å². The molecule has 4 aromatic rings. The summed E-state index contributed by atoms with van der Waals surface area (Å²) in [6.45, 7) is 9.43. The molecular weight excluding hydrogens is 507 g/mol. The second-order valence-electron chi connectivity index (χ2n) is 10.5. The van der Waals surface area contributed by atoms with Crippen molar-refractivity contribution in [2.75, 3.05) is 37.7 Å². The summed E-state index contributed by atoms with van der Waals surface area (Å²) in [7, 11) is 0. The summed E-state index contributed by atoms with van der Waals surface area (Å²) in [4.78, 5) is 27.2. The molecule has 1 amide bonds. The number of aryl methyl sites for hydroxylation is 1. The Hall–Kier alpha value is -3.85. The third-order valence-corrected chi connectivity index (χ3v) is 7.42. The van der Waals surface area contributed by atoms with Gasteiger partial charge in [0.15, 0.2) is 5.65 Å². The predicted molar refractivity (Wildman–Crippen MR) is 154 cm³/mol. The average Bonchev–Trinajstić information content (AvgIpc) is 3.12. The summed E-state index contributed by atoms with van der Waals surface area (Å²) in [5.41, 5.74) is 3.34. The number of hydrogen-bond acceptors (Lipinski definition) is 6. The molecule has 0 aliphatic carbocycles. The highest BCUT2D eigenvalue weighted by atomic mass is 19.1. The number of rotatable bonds is 9. The van der Waals surface area contributed by atoms with E-state index in [4.69, 9.17) is 19.8 Å². The lowest BCUT2D eigenvalue weighted by molar-refractivity contribution is -0.136. The van der Waals surface area contributed by atoms with Crippen molar-refractivity contribution < 1.29 is 13.9 Å². The number of nitrogens with zero attached hydrogens (tertiary/aromatic N) is 6. The Morgan fingerprint density at radius 3 is 2.55 bits per heavy atom. The van der Waals surface area contributed by atoms with Crippen molar-refractivity contribution in [1.82, 2.24) is 24.6 Å². The highest BCUT2D eigenvalue weighted by Crippen LogP contribution is 2.32. The van der Waals surface area contributed by atoms with Crippen LogP contribution in [0.1, 0.15) is 56.1 Å². The van der Waals surface area contributed by atoms with Gasteiger partial charge in [-0.15, -0.1) is 0 Å². The normalized spacial score (nSPS) is 14.9. The van der Waals surface area contributed by atoms with Crippen LogP contribution in [0.15, 0.2) is 54.6 Å². The topological polar surface area (TPSA) is 76.4 Å². The quantitative estimate of drug-likeness (QED) is 0.280. The second-order valence-corrected chi connectivity index (χ2v) is 10.5. The smallest absolute Gasteiger partial charge is 0.248 e. The van der Waals surface area contributed by atoms with Crippen LogP contribution < -0.4 is 4.90 Å². The number of benzene rings is 2. The van der Waals surface area contributed by atoms with Crippen molar-refractivity contribution in [3.8, 4) is 5.69 Å². The largest absolute Gasteiger partial charge is 0.367 e. The van der Waals surface area contributed by atoms with Gasteiger partial charge in [-0.25, -0.2) is 19.0 Å². The third kappa shape index (κ3) is 6.14. The maximum absolute atomic E-state index is 13.7. The van der Waals surface area contributed by atoms with Crippen LogP contribution in [-0.2, 0) is 16.1 Å². The summed E-state index contributed by atoms with van der Waals surface area (Å²) in [5, 5.41) is 5.69. The lowest BCUT2D eigenvalue weighted by atomic mass is 10.1. The van der Waals surface area contributed by atoms with Gasteiger partial charge in [-0.3, -0.25) is 4.79 Å². The zero-order valence-electron chi connectivity index (χ0n) is 23.5. The first kappa shape index (κ1) is 27.7. The van der Waals surface area contributed by atoms with Crippen LogP contribution in [0.3, 0.4) is 0 Å². The third-order valence-electron chi connectivity index (χ3n) is 7.42. The van der Waals surface area contributed by atoms with Crippen LogP contribution in [0.2, 0.25) is 0 Å². The fraction of sp³-hybridized carbons (Fsp3) is 0.419. The highest BCUT2D eigenvalue weighted by molar-refractivity contribution is 5.91. The Balaban J connectivity index is 1.39. The van der Waals surface area contributed by atoms with Crippen molar-refractivity contribution in [3.63, 3.8) is 0 Å². The molecule has 1 saturated heterocycles. The monoisotopic (exact) mass is 544 g/mol. The first-order valence-electron chi connectivity index (χ1n) is 14.1. The molecule has 3 heterocycles. The van der Waals surface area contributed by atoms with Crippen molar-refractivity contribution >= 4 is 22.8 Å². The fourth-order valence-corrected chi connectivity index (χ4v) is 5.25. The number of halogens is 1. The van der Waals surface area contributed by atoms with E-state index < -0.39 is 0 Å². The first-order chi connectivity index (χ1) is 19.4. The van der Waals surface area contributed by atoms with E-state index in [-0.39, 0.29) is 24.2 Å². The van der Waals surface area contributed by atoms with E-state index in [0.717, 1.165) is 65.4 Å². The van der Waals surface area contributed by atoms with Gasteiger partial charge in [0.25, 0.3) is 0 Å². The van der Waals surface area contributed by atoms with E-state index in [1.54, 1.807) is 16.8 Å². The molecule has 0 spiro atoms. The summed E-state index contributed by atoms with van der Waals surface area (Å²) in [6.07, 6.45) is 2.82. The predicted octanol–water partition coefficient (Wildman–Crippen LogP) is 5.42. The summed E-state index contributed by atoms with van der Waals surface area (Å²) in [6, 6.07) is 16.2. The molecule has 1 fully saturated rings. The molecule has 9 heteroatoms. The summed E-state index contributed by atoms with van der Waals surface area (Å²) < 4.78 is 21.2. The number of carbonyl (C=O) groups is 1. The Morgan fingerprint density at radius 2 is 1.80 bits per heavy atom. The minimum absolute atomic E-state index is 0.00295. The molecule has 1 aliphatic rings. The number of ether oxygens (including phenoxy) is 1. The number of anilines is 1. The molecule has 0 bridgehead atoms. The molecule has 2 aromatic carbocycles. The van der Waals surface area contributed by atoms with E-state index in [1.165, 1.54) is 12.1 Å². The molecule has 1 atom stereocenters. The lowest BCUT2D eigenvalue weighted by Crippen LogP contribution is -2.37. The maximum Gasteiger partial charge on any atom is 0.248 e. The molecule has 0 saturated carbocycles. The van der Waals surface area contributed by atoms with Crippen LogP contribution >= 0.6 is 0 Å². The van der Waals surface area contributed by atoms with Crippen LogP contribution in [0.4, 0.5) is 10.2 Å². The van der Waals surface area contributed by atoms with Gasteiger partial charge in [-0.2, -0.15) is 5.10 Å². The lowest BCUT2D eigenvalue weighted by Gasteiger charge is -2.24. The van der Waals surface area contributed by atoms with Gasteiger partial charge in [0, 0.05) is 32.1 Å². The van der Waals surface area contributed by atoms with Gasteiger partial charge in [-0.05, 0) is 49.6 Å². The van der Waals surface area contributed by atoms with Gasteiger partial charge in [-0.1, -0.05) is 50.6 Å². The first-order valence-corrected chi connectivity index (χ1v) is 14.1. The summed E-state index contributed by atoms with van der Waals surface area (Å²) in [5.74, 6) is 1.52. The molecule has 0 N–H and O–H groups in total. The molecule has 8 nitrogen and oxygen atoms in total. The van der Waals surface area contributed by atoms with Gasteiger partial charge in [0.05, 0.1) is 23.4 Å². The minimum atomic E-state index is -0.293. The van der Waals surface area contributed by atoms with E-state index in [1.807, 2.05) is 42.2 Å². The number of fused-ring (bicyclic) bond motifs is 1. The molecule has 210 valence electrons. The number of hydrogen-bond donors (Lipinski definition) is 0. The second kappa shape index (κ2) is 12.6. The van der Waals surface area contributed by atoms with Crippen molar-refractivity contribution in [3.05, 3.63) is 77.5 Å². The van der Waals surface area contributed by atoms with E-state index >= 15 is 0 Å². The Labute approximate surface area is 234 Å². The molecule has 2 aromatic heterocycles. The number of amides is 1. The van der Waals surface area contributed by atoms with Crippen LogP contribution in [0.25, 0.3) is 16.7 Å². The zero-order valence-corrected chi connectivity index (χ0v) is 23.5. The molecular formula is C31H37FN6O2. The zero-order chi connectivity index (χ0) is 28.1. The number of carbonyl (C=O) groups excluding carboxylic acids is 1. The molecule has 40 heavy (non-hydrogen) atoms. The van der Waals surface area contributed by atoms with Gasteiger partial charge in [0.1, 0.15) is 24.1 Å². The van der Waals surface area contributed by atoms with Crippen molar-refractivity contribution in [2.45, 2.75) is 52.6 Å². The fourth-order valence-electron chi connectivity index (χ4n) is 5.25. The Bertz CT molecular complexity index is 1440. The molecule has 5 rings (SSSR count). The Morgan fingerprint density at radius 1 is 1.02 bits per heavy atom. The minimum Gasteiger partial charge on any atom is -0.367 e. The van der Waals surface area contributed by atoms with Crippen molar-refractivity contribution in [1.29, 1.82) is 0 Å². The van der Waals surface area contributed by atoms with E-state index in [9.17, 15) is 9.18 Å². The standard InChI is InChI=1S/C31H37FN6O2/c1-4-9-22(2)29-33-30(28-23(3)35-38(31(28)34-29)26-14-12-25(32)13-15-26)37-17-8-16-36(18-19-37)27(39)21-40-20-24-10-6-5-7-11-24/h5-7,10-15,22H,4,8-9,16-21H2,1-3H3. The SMILES string of the molecule is CCCC(C)c1nc(N2CCCN(C(=O)COCc3ccccc3)CC2)c2c(C)nn(-c3ccc(F)cc3)c2n1. The van der Waals surface area contributed by atoms with Gasteiger partial charge in [0.2, 0.25) is 5.91 Å². The van der Waals surface area contributed by atoms with Crippen LogP contribution in [0, 0.1) is 12.7 Å². The van der Waals surface area contributed by atoms with Crippen molar-refractivity contribution in [2.24, 2.45) is 0 Å². The van der Waals surface area contributed by atoms with Crippen LogP contribution in [0.5, 0.6) is 0 Å². The Kier molecular flexibility index (Phi) is 8.69. The highest BCUT2D eigenvalue weighted by Gasteiger charge is 2.26.